The van der Waals surface area contributed by atoms with Gasteiger partial charge in [0.2, 0.25) is 0 Å². The Hall–Kier alpha value is -3.19. The number of ether oxygens (including phenoxy) is 2. The lowest BCUT2D eigenvalue weighted by atomic mass is 10.1. The van der Waals surface area contributed by atoms with Crippen LogP contribution in [0.3, 0.4) is 0 Å². The largest absolute Gasteiger partial charge is 0.490 e. The Balaban J connectivity index is 2.11. The molecule has 1 heterocycles. The van der Waals surface area contributed by atoms with Gasteiger partial charge in [0.15, 0.2) is 11.5 Å². The van der Waals surface area contributed by atoms with Crippen molar-refractivity contribution < 1.29 is 9.47 Å². The molecular formula is C25H26BrN3O3. The van der Waals surface area contributed by atoms with Crippen molar-refractivity contribution in [1.29, 1.82) is 0 Å². The van der Waals surface area contributed by atoms with Crippen LogP contribution in [0.4, 0.5) is 0 Å². The molecule has 0 unspecified atom stereocenters. The van der Waals surface area contributed by atoms with Crippen molar-refractivity contribution in [3.05, 3.63) is 87.4 Å². The van der Waals surface area contributed by atoms with E-state index in [2.05, 4.69) is 39.2 Å². The maximum atomic E-state index is 13.1. The van der Waals surface area contributed by atoms with E-state index in [0.29, 0.717) is 54.3 Å². The Labute approximate surface area is 196 Å². The van der Waals surface area contributed by atoms with Gasteiger partial charge in [-0.3, -0.25) is 4.79 Å². The number of aryl methyl sites for hydroxylation is 1. The van der Waals surface area contributed by atoms with E-state index in [4.69, 9.17) is 9.47 Å². The van der Waals surface area contributed by atoms with Gasteiger partial charge in [0.25, 0.3) is 5.56 Å². The summed E-state index contributed by atoms with van der Waals surface area (Å²) in [5, 5.41) is 4.99. The zero-order valence-electron chi connectivity index (χ0n) is 18.3. The molecule has 166 valence electrons. The van der Waals surface area contributed by atoms with Crippen molar-refractivity contribution in [3.8, 4) is 11.5 Å². The van der Waals surface area contributed by atoms with Gasteiger partial charge in [-0.2, -0.15) is 9.78 Å². The Kier molecular flexibility index (Phi) is 8.00. The number of allylic oxidation sites excluding steroid dienone is 1. The molecule has 0 fully saturated rings. The topological polar surface area (TPSA) is 65.7 Å². The van der Waals surface area contributed by atoms with Crippen LogP contribution >= 0.6 is 15.9 Å². The molecule has 6 nitrogen and oxygen atoms in total. The summed E-state index contributed by atoms with van der Waals surface area (Å²) < 4.78 is 13.8. The van der Waals surface area contributed by atoms with Gasteiger partial charge in [0.1, 0.15) is 12.4 Å². The first-order valence-corrected chi connectivity index (χ1v) is 11.2. The number of aromatic nitrogens is 2. The van der Waals surface area contributed by atoms with Crippen molar-refractivity contribution in [2.45, 2.75) is 26.7 Å². The number of rotatable bonds is 10. The van der Waals surface area contributed by atoms with Gasteiger partial charge in [0.05, 0.1) is 23.7 Å². The second-order valence-corrected chi connectivity index (χ2v) is 7.85. The zero-order valence-corrected chi connectivity index (χ0v) is 19.9. The van der Waals surface area contributed by atoms with E-state index < -0.39 is 0 Å². The van der Waals surface area contributed by atoms with Gasteiger partial charge in [-0.15, -0.1) is 6.58 Å². The van der Waals surface area contributed by atoms with Crippen LogP contribution in [-0.2, 0) is 12.8 Å². The number of nitrogens with zero attached hydrogens (tertiary/aromatic N) is 3. The van der Waals surface area contributed by atoms with Gasteiger partial charge in [0, 0.05) is 16.5 Å². The molecule has 0 saturated heterocycles. The van der Waals surface area contributed by atoms with E-state index in [0.717, 1.165) is 15.6 Å². The number of fused-ring (bicyclic) bond motifs is 1. The summed E-state index contributed by atoms with van der Waals surface area (Å²) in [5.74, 6) is 1.86. The highest BCUT2D eigenvalue weighted by atomic mass is 79.9. The van der Waals surface area contributed by atoms with Gasteiger partial charge in [-0.25, -0.2) is 4.98 Å². The molecular weight excluding hydrogens is 470 g/mol. The quantitative estimate of drug-likeness (QED) is 0.283. The Morgan fingerprint density at radius 1 is 1.16 bits per heavy atom. The van der Waals surface area contributed by atoms with E-state index in [1.807, 2.05) is 38.1 Å². The molecule has 0 aliphatic rings. The summed E-state index contributed by atoms with van der Waals surface area (Å²) in [5.41, 5.74) is 2.13. The van der Waals surface area contributed by atoms with Crippen molar-refractivity contribution >= 4 is 33.0 Å². The van der Waals surface area contributed by atoms with Gasteiger partial charge in [-0.05, 0) is 49.2 Å². The summed E-state index contributed by atoms with van der Waals surface area (Å²) in [6, 6.07) is 9.25. The van der Waals surface area contributed by atoms with E-state index >= 15 is 0 Å². The van der Waals surface area contributed by atoms with Gasteiger partial charge >= 0.3 is 0 Å². The van der Waals surface area contributed by atoms with Crippen LogP contribution in [-0.4, -0.2) is 29.1 Å². The number of hydrogen-bond donors (Lipinski definition) is 0. The van der Waals surface area contributed by atoms with E-state index in [-0.39, 0.29) is 5.56 Å². The normalized spacial score (nSPS) is 11.1. The maximum absolute atomic E-state index is 13.1. The minimum Gasteiger partial charge on any atom is -0.490 e. The summed E-state index contributed by atoms with van der Waals surface area (Å²) in [4.78, 5) is 17.7. The van der Waals surface area contributed by atoms with Gasteiger partial charge < -0.3 is 9.47 Å². The predicted octanol–water partition coefficient (Wildman–Crippen LogP) is 5.30. The van der Waals surface area contributed by atoms with Crippen LogP contribution in [0.5, 0.6) is 11.5 Å². The average molecular weight is 496 g/mol. The molecule has 2 aromatic carbocycles. The third-order valence-corrected chi connectivity index (χ3v) is 5.17. The van der Waals surface area contributed by atoms with Crippen molar-refractivity contribution in [2.24, 2.45) is 5.10 Å². The fourth-order valence-electron chi connectivity index (χ4n) is 3.30. The molecule has 0 radical (unpaired) electrons. The van der Waals surface area contributed by atoms with Crippen LogP contribution in [0.2, 0.25) is 0 Å². The standard InChI is InChI=1S/C25H26BrN3O3/c1-5-9-18-13-17(14-22(31-8-4)24(18)32-12-6-2)16-27-29-23(7-3)28-21-11-10-19(26)15-20(21)25(29)30/h5-6,10-11,13-16H,1-2,7-9,12H2,3-4H3. The zero-order chi connectivity index (χ0) is 23.1. The smallest absolute Gasteiger partial charge is 0.282 e. The third kappa shape index (κ3) is 5.16. The molecule has 0 N–H and O–H groups in total. The molecule has 32 heavy (non-hydrogen) atoms. The summed E-state index contributed by atoms with van der Waals surface area (Å²) >= 11 is 3.42. The average Bonchev–Trinajstić information content (AvgIpc) is 2.78. The fraction of sp³-hybridized carbons (Fsp3) is 0.240. The maximum Gasteiger partial charge on any atom is 0.282 e. The summed E-state index contributed by atoms with van der Waals surface area (Å²) in [6.07, 6.45) is 6.29. The molecule has 0 saturated carbocycles. The monoisotopic (exact) mass is 495 g/mol. The van der Waals surface area contributed by atoms with Crippen LogP contribution in [0, 0.1) is 0 Å². The lowest BCUT2D eigenvalue weighted by molar-refractivity contribution is 0.295. The van der Waals surface area contributed by atoms with Crippen molar-refractivity contribution in [2.75, 3.05) is 13.2 Å². The van der Waals surface area contributed by atoms with Crippen molar-refractivity contribution in [3.63, 3.8) is 0 Å². The van der Waals surface area contributed by atoms with E-state index in [9.17, 15) is 4.79 Å². The number of hydrogen-bond acceptors (Lipinski definition) is 5. The molecule has 0 bridgehead atoms. The predicted molar refractivity (Wildman–Crippen MR) is 133 cm³/mol. The first-order chi connectivity index (χ1) is 15.5. The van der Waals surface area contributed by atoms with E-state index in [1.165, 1.54) is 4.68 Å². The third-order valence-electron chi connectivity index (χ3n) is 4.68. The molecule has 0 spiro atoms. The second-order valence-electron chi connectivity index (χ2n) is 6.94. The molecule has 0 atom stereocenters. The molecule has 0 aliphatic carbocycles. The number of benzene rings is 2. The Morgan fingerprint density at radius 2 is 1.97 bits per heavy atom. The highest BCUT2D eigenvalue weighted by Crippen LogP contribution is 2.33. The fourth-order valence-corrected chi connectivity index (χ4v) is 3.66. The molecule has 7 heteroatoms. The van der Waals surface area contributed by atoms with Crippen LogP contribution in [0.25, 0.3) is 10.9 Å². The summed E-state index contributed by atoms with van der Waals surface area (Å²) in [6.45, 7) is 12.3. The first-order valence-electron chi connectivity index (χ1n) is 10.4. The minimum absolute atomic E-state index is 0.216. The van der Waals surface area contributed by atoms with Crippen LogP contribution < -0.4 is 15.0 Å². The molecule has 3 rings (SSSR count). The Morgan fingerprint density at radius 3 is 2.66 bits per heavy atom. The molecule has 1 aromatic heterocycles. The van der Waals surface area contributed by atoms with E-state index in [1.54, 1.807) is 24.4 Å². The second kappa shape index (κ2) is 10.9. The minimum atomic E-state index is -0.216. The number of halogens is 1. The lowest BCUT2D eigenvalue weighted by Gasteiger charge is -2.16. The lowest BCUT2D eigenvalue weighted by Crippen LogP contribution is -2.22. The molecule has 0 aliphatic heterocycles. The summed E-state index contributed by atoms with van der Waals surface area (Å²) in [7, 11) is 0. The highest BCUT2D eigenvalue weighted by molar-refractivity contribution is 9.10. The SMILES string of the molecule is C=CCOc1c(CC=C)cc(C=Nn2c(CC)nc3ccc(Br)cc3c2=O)cc1OCC. The Bertz CT molecular complexity index is 1230. The molecule has 0 amide bonds. The molecule has 3 aromatic rings. The van der Waals surface area contributed by atoms with Gasteiger partial charge in [-0.1, -0.05) is 41.6 Å². The van der Waals surface area contributed by atoms with Crippen LogP contribution in [0.1, 0.15) is 30.8 Å². The van der Waals surface area contributed by atoms with Crippen molar-refractivity contribution in [1.82, 2.24) is 9.66 Å². The first kappa shape index (κ1) is 23.5. The highest BCUT2D eigenvalue weighted by Gasteiger charge is 2.13. The van der Waals surface area contributed by atoms with Crippen LogP contribution in [0.15, 0.2) is 70.0 Å².